The molecule has 5 heteroatoms. The topological polar surface area (TPSA) is 67.5 Å². The third-order valence-corrected chi connectivity index (χ3v) is 3.43. The Kier molecular flexibility index (Phi) is 3.39. The van der Waals surface area contributed by atoms with Crippen LogP contribution in [-0.2, 0) is 6.42 Å². The van der Waals surface area contributed by atoms with E-state index in [1.54, 1.807) is 43.0 Å². The van der Waals surface area contributed by atoms with Gasteiger partial charge in [0.2, 0.25) is 0 Å². The molecule has 0 aliphatic rings. The molecule has 0 radical (unpaired) electrons. The summed E-state index contributed by atoms with van der Waals surface area (Å²) >= 11 is 0. The average Bonchev–Trinajstić information content (AvgIpc) is 2.52. The zero-order valence-corrected chi connectivity index (χ0v) is 11.7. The fourth-order valence-electron chi connectivity index (χ4n) is 2.37. The van der Waals surface area contributed by atoms with Crippen molar-refractivity contribution < 1.29 is 5.11 Å². The van der Waals surface area contributed by atoms with Crippen molar-refractivity contribution in [3.63, 3.8) is 0 Å². The van der Waals surface area contributed by atoms with E-state index < -0.39 is 0 Å². The molecule has 0 bridgehead atoms. The molecule has 3 aromatic rings. The predicted octanol–water partition coefficient (Wildman–Crippen LogP) is 2.41. The Balaban J connectivity index is 2.23. The molecular weight excluding hydrogens is 266 g/mol. The van der Waals surface area contributed by atoms with Gasteiger partial charge in [-0.1, -0.05) is 13.3 Å². The normalized spacial score (nSPS) is 10.9. The molecule has 3 rings (SSSR count). The first-order valence-corrected chi connectivity index (χ1v) is 6.85. The molecule has 3 heterocycles. The standard InChI is InChI=1S/C16H15N3O2/c1-2-3-12-10-18-15-14(20)13(6-9-19(15)16(12)21)11-4-7-17-8-5-11/h4-10,20H,2-3H2,1H3. The van der Waals surface area contributed by atoms with Gasteiger partial charge in [0.25, 0.3) is 5.56 Å². The van der Waals surface area contributed by atoms with Crippen LogP contribution in [0.2, 0.25) is 0 Å². The molecule has 0 spiro atoms. The number of aryl methyl sites for hydroxylation is 1. The van der Waals surface area contributed by atoms with Crippen LogP contribution in [-0.4, -0.2) is 19.5 Å². The number of hydrogen-bond donors (Lipinski definition) is 1. The van der Waals surface area contributed by atoms with Crippen LogP contribution in [0.25, 0.3) is 16.8 Å². The van der Waals surface area contributed by atoms with E-state index in [9.17, 15) is 9.90 Å². The summed E-state index contributed by atoms with van der Waals surface area (Å²) in [5.74, 6) is 0.00356. The van der Waals surface area contributed by atoms with Gasteiger partial charge in [0.1, 0.15) is 0 Å². The highest BCUT2D eigenvalue weighted by Gasteiger charge is 2.12. The third kappa shape index (κ3) is 2.27. The predicted molar refractivity (Wildman–Crippen MR) is 80.4 cm³/mol. The molecule has 0 aliphatic heterocycles. The van der Waals surface area contributed by atoms with E-state index in [4.69, 9.17) is 0 Å². The van der Waals surface area contributed by atoms with Gasteiger partial charge in [0.05, 0.1) is 0 Å². The summed E-state index contributed by atoms with van der Waals surface area (Å²) in [5.41, 5.74) is 2.27. The summed E-state index contributed by atoms with van der Waals surface area (Å²) in [6, 6.07) is 5.32. The molecule has 0 saturated heterocycles. The summed E-state index contributed by atoms with van der Waals surface area (Å²) in [6.45, 7) is 2.01. The first kappa shape index (κ1) is 13.3. The van der Waals surface area contributed by atoms with E-state index >= 15 is 0 Å². The van der Waals surface area contributed by atoms with Crippen LogP contribution >= 0.6 is 0 Å². The highest BCUT2D eigenvalue weighted by molar-refractivity contribution is 5.76. The monoisotopic (exact) mass is 281 g/mol. The molecule has 106 valence electrons. The molecule has 0 unspecified atom stereocenters. The van der Waals surface area contributed by atoms with Gasteiger partial charge in [0, 0.05) is 35.9 Å². The summed E-state index contributed by atoms with van der Waals surface area (Å²) in [5, 5.41) is 10.4. The van der Waals surface area contributed by atoms with Crippen molar-refractivity contribution >= 4 is 5.65 Å². The van der Waals surface area contributed by atoms with E-state index in [0.29, 0.717) is 17.5 Å². The fraction of sp³-hybridized carbons (Fsp3) is 0.188. The van der Waals surface area contributed by atoms with Crippen LogP contribution in [0.5, 0.6) is 5.75 Å². The second-order valence-electron chi connectivity index (χ2n) is 4.85. The Morgan fingerprint density at radius 3 is 2.71 bits per heavy atom. The molecule has 0 amide bonds. The van der Waals surface area contributed by atoms with Crippen LogP contribution in [0.4, 0.5) is 0 Å². The second kappa shape index (κ2) is 5.36. The number of pyridine rings is 2. The van der Waals surface area contributed by atoms with E-state index in [2.05, 4.69) is 9.97 Å². The Bertz CT molecular complexity index is 841. The second-order valence-corrected chi connectivity index (χ2v) is 4.85. The number of aromatic hydroxyl groups is 1. The summed E-state index contributed by atoms with van der Waals surface area (Å²) in [4.78, 5) is 20.5. The SMILES string of the molecule is CCCc1cnc2c(O)c(-c3ccncc3)ccn2c1=O. The molecule has 21 heavy (non-hydrogen) atoms. The van der Waals surface area contributed by atoms with E-state index in [1.165, 1.54) is 4.40 Å². The lowest BCUT2D eigenvalue weighted by molar-refractivity contribution is 0.478. The van der Waals surface area contributed by atoms with Crippen molar-refractivity contribution in [3.8, 4) is 16.9 Å². The molecule has 0 atom stereocenters. The summed E-state index contributed by atoms with van der Waals surface area (Å²) in [7, 11) is 0. The number of fused-ring (bicyclic) bond motifs is 1. The van der Waals surface area contributed by atoms with Crippen molar-refractivity contribution in [2.45, 2.75) is 19.8 Å². The molecule has 1 N–H and O–H groups in total. The van der Waals surface area contributed by atoms with Crippen LogP contribution in [0, 0.1) is 0 Å². The van der Waals surface area contributed by atoms with Gasteiger partial charge in [-0.05, 0) is 30.2 Å². The lowest BCUT2D eigenvalue weighted by atomic mass is 10.1. The molecular formula is C16H15N3O2. The summed E-state index contributed by atoms with van der Waals surface area (Å²) < 4.78 is 1.39. The van der Waals surface area contributed by atoms with Crippen LogP contribution in [0.15, 0.2) is 47.8 Å². The van der Waals surface area contributed by atoms with Gasteiger partial charge in [0.15, 0.2) is 11.4 Å². The Morgan fingerprint density at radius 1 is 1.24 bits per heavy atom. The summed E-state index contributed by atoms with van der Waals surface area (Å²) in [6.07, 6.45) is 8.08. The van der Waals surface area contributed by atoms with Gasteiger partial charge >= 0.3 is 0 Å². The zero-order chi connectivity index (χ0) is 14.8. The zero-order valence-electron chi connectivity index (χ0n) is 11.7. The first-order chi connectivity index (χ1) is 10.2. The van der Waals surface area contributed by atoms with Crippen LogP contribution in [0.3, 0.4) is 0 Å². The minimum atomic E-state index is -0.126. The minimum Gasteiger partial charge on any atom is -0.504 e. The van der Waals surface area contributed by atoms with Crippen LogP contribution in [0.1, 0.15) is 18.9 Å². The highest BCUT2D eigenvalue weighted by Crippen LogP contribution is 2.30. The van der Waals surface area contributed by atoms with E-state index in [-0.39, 0.29) is 17.0 Å². The van der Waals surface area contributed by atoms with Crippen molar-refractivity contribution in [2.24, 2.45) is 0 Å². The van der Waals surface area contributed by atoms with Crippen molar-refractivity contribution in [1.82, 2.24) is 14.4 Å². The Hall–Kier alpha value is -2.69. The molecule has 0 fully saturated rings. The molecule has 3 aromatic heterocycles. The maximum atomic E-state index is 12.3. The van der Waals surface area contributed by atoms with Gasteiger partial charge in [-0.3, -0.25) is 14.2 Å². The van der Waals surface area contributed by atoms with Gasteiger partial charge < -0.3 is 5.11 Å². The third-order valence-electron chi connectivity index (χ3n) is 3.43. The largest absolute Gasteiger partial charge is 0.504 e. The molecule has 5 nitrogen and oxygen atoms in total. The average molecular weight is 281 g/mol. The number of hydrogen-bond acceptors (Lipinski definition) is 4. The van der Waals surface area contributed by atoms with Crippen molar-refractivity contribution in [2.75, 3.05) is 0 Å². The quantitative estimate of drug-likeness (QED) is 0.800. The smallest absolute Gasteiger partial charge is 0.261 e. The first-order valence-electron chi connectivity index (χ1n) is 6.85. The maximum Gasteiger partial charge on any atom is 0.261 e. The Labute approximate surface area is 121 Å². The molecule has 0 aromatic carbocycles. The lowest BCUT2D eigenvalue weighted by Gasteiger charge is -2.09. The number of aromatic nitrogens is 3. The lowest BCUT2D eigenvalue weighted by Crippen LogP contribution is -2.19. The van der Waals surface area contributed by atoms with Gasteiger partial charge in [-0.15, -0.1) is 0 Å². The van der Waals surface area contributed by atoms with Crippen molar-refractivity contribution in [3.05, 3.63) is 58.9 Å². The highest BCUT2D eigenvalue weighted by atomic mass is 16.3. The van der Waals surface area contributed by atoms with E-state index in [0.717, 1.165) is 12.0 Å². The fourth-order valence-corrected chi connectivity index (χ4v) is 2.37. The minimum absolute atomic E-state index is 0.00356. The van der Waals surface area contributed by atoms with E-state index in [1.807, 2.05) is 6.92 Å². The maximum absolute atomic E-state index is 12.3. The number of rotatable bonds is 3. The van der Waals surface area contributed by atoms with Crippen LogP contribution < -0.4 is 5.56 Å². The van der Waals surface area contributed by atoms with Crippen molar-refractivity contribution in [1.29, 1.82) is 0 Å². The Morgan fingerprint density at radius 2 is 2.00 bits per heavy atom. The van der Waals surface area contributed by atoms with Gasteiger partial charge in [-0.25, -0.2) is 4.98 Å². The molecule has 0 aliphatic carbocycles. The number of nitrogens with zero attached hydrogens (tertiary/aromatic N) is 3. The molecule has 0 saturated carbocycles. The van der Waals surface area contributed by atoms with Gasteiger partial charge in [-0.2, -0.15) is 0 Å².